The lowest BCUT2D eigenvalue weighted by Gasteiger charge is -2.12. The molecule has 0 amide bonds. The molecule has 1 N–H and O–H groups in total. The van der Waals surface area contributed by atoms with Crippen LogP contribution in [0.3, 0.4) is 0 Å². The van der Waals surface area contributed by atoms with Gasteiger partial charge < -0.3 is 5.32 Å². The fraction of sp³-hybridized carbons (Fsp3) is 0.455. The summed E-state index contributed by atoms with van der Waals surface area (Å²) in [6, 6.07) is 0. The van der Waals surface area contributed by atoms with Crippen LogP contribution in [0.1, 0.15) is 27.1 Å². The molecule has 0 unspecified atom stereocenters. The first-order chi connectivity index (χ1) is 5.97. The molecular weight excluding hydrogens is 146 g/mol. The van der Waals surface area contributed by atoms with E-state index in [1.165, 1.54) is 31.4 Å². The average Bonchev–Trinajstić information content (AvgIpc) is 2.48. The zero-order chi connectivity index (χ0) is 8.23. The van der Waals surface area contributed by atoms with Crippen LogP contribution in [0.5, 0.6) is 0 Å². The van der Waals surface area contributed by atoms with Gasteiger partial charge >= 0.3 is 1.43 Å². The van der Waals surface area contributed by atoms with Crippen molar-refractivity contribution in [1.82, 2.24) is 5.32 Å². The van der Waals surface area contributed by atoms with E-state index < -0.39 is 0 Å². The van der Waals surface area contributed by atoms with Crippen molar-refractivity contribution in [2.75, 3.05) is 0 Å². The molecular formula is C11H16N+. The van der Waals surface area contributed by atoms with E-state index in [-0.39, 0.29) is 1.43 Å². The molecule has 1 aliphatic carbocycles. The second-order valence-corrected chi connectivity index (χ2v) is 3.49. The van der Waals surface area contributed by atoms with Crippen LogP contribution < -0.4 is 5.32 Å². The van der Waals surface area contributed by atoms with Crippen LogP contribution in [0.25, 0.3) is 0 Å². The Bertz CT molecular complexity index is 234. The Hall–Kier alpha value is -0.980. The highest BCUT2D eigenvalue weighted by Gasteiger charge is 2.18. The van der Waals surface area contributed by atoms with Gasteiger partial charge in [0.25, 0.3) is 0 Å². The van der Waals surface area contributed by atoms with Gasteiger partial charge in [0.2, 0.25) is 0 Å². The maximum absolute atomic E-state index is 3.34. The molecule has 0 radical (unpaired) electrons. The number of allylic oxidation sites excluding steroid dienone is 5. The molecule has 1 heteroatoms. The largest absolute Gasteiger partial charge is 1.00 e. The van der Waals surface area contributed by atoms with Crippen LogP contribution in [-0.4, -0.2) is 0 Å². The zero-order valence-corrected chi connectivity index (χ0v) is 7.29. The lowest BCUT2D eigenvalue weighted by atomic mass is 10.0. The molecule has 1 aliphatic heterocycles. The first-order valence-corrected chi connectivity index (χ1v) is 4.77. The summed E-state index contributed by atoms with van der Waals surface area (Å²) >= 11 is 0. The van der Waals surface area contributed by atoms with Gasteiger partial charge in [-0.05, 0) is 30.9 Å². The highest BCUT2D eigenvalue weighted by atomic mass is 14.9. The van der Waals surface area contributed by atoms with Gasteiger partial charge in [-0.1, -0.05) is 25.0 Å². The lowest BCUT2D eigenvalue weighted by molar-refractivity contribution is 0.609. The summed E-state index contributed by atoms with van der Waals surface area (Å²) in [5.74, 6) is 0.789. The molecule has 1 fully saturated rings. The Kier molecular flexibility index (Phi) is 2.31. The van der Waals surface area contributed by atoms with Crippen LogP contribution >= 0.6 is 0 Å². The number of nitrogens with one attached hydrogen (secondary N) is 1. The molecule has 0 atom stereocenters. The van der Waals surface area contributed by atoms with Crippen molar-refractivity contribution in [3.05, 3.63) is 36.2 Å². The molecule has 2 rings (SSSR count). The summed E-state index contributed by atoms with van der Waals surface area (Å²) < 4.78 is 0. The maximum atomic E-state index is 3.34. The maximum Gasteiger partial charge on any atom is 1.00 e. The Labute approximate surface area is 75.3 Å². The standard InChI is InChI=1S/C11H15N/c1-2-8-11(12-9-5-1)10-6-3-4-7-10/h1-2,5,8-10,12H,3-4,6-7H2/p+1. The van der Waals surface area contributed by atoms with Crippen molar-refractivity contribution in [2.24, 2.45) is 5.92 Å². The number of hydrogen-bond acceptors (Lipinski definition) is 1. The Morgan fingerprint density at radius 3 is 2.83 bits per heavy atom. The summed E-state index contributed by atoms with van der Waals surface area (Å²) in [4.78, 5) is 0. The Morgan fingerprint density at radius 2 is 2.00 bits per heavy atom. The second kappa shape index (κ2) is 3.61. The van der Waals surface area contributed by atoms with Crippen molar-refractivity contribution in [2.45, 2.75) is 25.7 Å². The van der Waals surface area contributed by atoms with Crippen LogP contribution in [0.15, 0.2) is 36.2 Å². The lowest BCUT2D eigenvalue weighted by Crippen LogP contribution is -2.12. The smallest absolute Gasteiger partial charge is 0.365 e. The van der Waals surface area contributed by atoms with E-state index in [1.54, 1.807) is 0 Å². The first-order valence-electron chi connectivity index (χ1n) is 4.77. The van der Waals surface area contributed by atoms with Gasteiger partial charge in [-0.3, -0.25) is 0 Å². The van der Waals surface area contributed by atoms with Gasteiger partial charge in [0.15, 0.2) is 0 Å². The highest BCUT2D eigenvalue weighted by molar-refractivity contribution is 5.23. The molecule has 1 nitrogen and oxygen atoms in total. The number of rotatable bonds is 1. The molecule has 12 heavy (non-hydrogen) atoms. The minimum atomic E-state index is 0. The highest BCUT2D eigenvalue weighted by Crippen LogP contribution is 2.29. The predicted octanol–water partition coefficient (Wildman–Crippen LogP) is 2.85. The predicted molar refractivity (Wildman–Crippen MR) is 52.6 cm³/mol. The molecule has 0 bridgehead atoms. The normalized spacial score (nSPS) is 23.5. The van der Waals surface area contributed by atoms with Crippen molar-refractivity contribution in [3.8, 4) is 0 Å². The van der Waals surface area contributed by atoms with E-state index in [9.17, 15) is 0 Å². The monoisotopic (exact) mass is 162 g/mol. The van der Waals surface area contributed by atoms with Gasteiger partial charge in [-0.2, -0.15) is 0 Å². The van der Waals surface area contributed by atoms with Crippen LogP contribution in [0, 0.1) is 5.92 Å². The van der Waals surface area contributed by atoms with Gasteiger partial charge in [-0.25, -0.2) is 0 Å². The van der Waals surface area contributed by atoms with Gasteiger partial charge in [0.1, 0.15) is 0 Å². The third kappa shape index (κ3) is 1.60. The third-order valence-corrected chi connectivity index (χ3v) is 2.64. The summed E-state index contributed by atoms with van der Waals surface area (Å²) in [5.41, 5.74) is 1.40. The SMILES string of the molecule is C1=CC=C(C2CCCC2)NC=C1.[H+]. The zero-order valence-electron chi connectivity index (χ0n) is 8.29. The molecule has 0 aromatic rings. The second-order valence-electron chi connectivity index (χ2n) is 3.49. The van der Waals surface area contributed by atoms with E-state index in [4.69, 9.17) is 0 Å². The van der Waals surface area contributed by atoms with Crippen LogP contribution in [-0.2, 0) is 0 Å². The summed E-state index contributed by atoms with van der Waals surface area (Å²) in [7, 11) is 0. The van der Waals surface area contributed by atoms with E-state index in [0.717, 1.165) is 5.92 Å². The third-order valence-electron chi connectivity index (χ3n) is 2.64. The van der Waals surface area contributed by atoms with Crippen LogP contribution in [0.2, 0.25) is 0 Å². The van der Waals surface area contributed by atoms with Crippen molar-refractivity contribution < 1.29 is 1.43 Å². The first kappa shape index (κ1) is 7.66. The van der Waals surface area contributed by atoms with E-state index in [2.05, 4.69) is 23.5 Å². The van der Waals surface area contributed by atoms with Gasteiger partial charge in [-0.15, -0.1) is 0 Å². The van der Waals surface area contributed by atoms with E-state index in [0.29, 0.717) is 0 Å². The minimum Gasteiger partial charge on any atom is -0.365 e. The quantitative estimate of drug-likeness (QED) is 0.625. The van der Waals surface area contributed by atoms with E-state index in [1.807, 2.05) is 12.3 Å². The topological polar surface area (TPSA) is 12.0 Å². The van der Waals surface area contributed by atoms with Crippen LogP contribution in [0.4, 0.5) is 0 Å². The Morgan fingerprint density at radius 1 is 1.17 bits per heavy atom. The number of hydrogen-bond donors (Lipinski definition) is 1. The molecule has 1 saturated carbocycles. The molecule has 64 valence electrons. The molecule has 2 aliphatic rings. The fourth-order valence-electron chi connectivity index (χ4n) is 1.96. The van der Waals surface area contributed by atoms with Crippen molar-refractivity contribution in [3.63, 3.8) is 0 Å². The average molecular weight is 162 g/mol. The summed E-state index contributed by atoms with van der Waals surface area (Å²) in [6.45, 7) is 0. The molecule has 0 aromatic carbocycles. The van der Waals surface area contributed by atoms with Gasteiger partial charge in [0, 0.05) is 11.9 Å². The Balaban J connectivity index is 0.000000845. The van der Waals surface area contributed by atoms with E-state index >= 15 is 0 Å². The fourth-order valence-corrected chi connectivity index (χ4v) is 1.96. The van der Waals surface area contributed by atoms with Crippen molar-refractivity contribution in [1.29, 1.82) is 0 Å². The molecule has 0 aromatic heterocycles. The minimum absolute atomic E-state index is 0. The van der Waals surface area contributed by atoms with Gasteiger partial charge in [0.05, 0.1) is 0 Å². The summed E-state index contributed by atoms with van der Waals surface area (Å²) in [5, 5.41) is 3.34. The van der Waals surface area contributed by atoms with Crippen molar-refractivity contribution >= 4 is 0 Å². The molecule has 0 spiro atoms. The summed E-state index contributed by atoms with van der Waals surface area (Å²) in [6.07, 6.45) is 16.0. The molecule has 1 heterocycles. The molecule has 0 saturated heterocycles.